The van der Waals surface area contributed by atoms with Crippen LogP contribution in [0.2, 0.25) is 5.02 Å². The molecule has 0 fully saturated rings. The van der Waals surface area contributed by atoms with Crippen LogP contribution in [-0.2, 0) is 6.42 Å². The van der Waals surface area contributed by atoms with E-state index in [-0.39, 0.29) is 5.38 Å². The van der Waals surface area contributed by atoms with Gasteiger partial charge in [-0.3, -0.25) is 4.98 Å². The van der Waals surface area contributed by atoms with Gasteiger partial charge in [0, 0.05) is 17.4 Å². The Balaban J connectivity index is 2.11. The molecule has 1 aromatic heterocycles. The minimum Gasteiger partial charge on any atom is -0.264 e. The van der Waals surface area contributed by atoms with Crippen LogP contribution in [0, 0.1) is 0 Å². The number of pyridine rings is 1. The number of benzene rings is 1. The molecule has 1 nitrogen and oxygen atoms in total. The first-order valence-corrected chi connectivity index (χ1v) is 5.85. The second-order valence-electron chi connectivity index (χ2n) is 3.59. The van der Waals surface area contributed by atoms with E-state index in [1.165, 1.54) is 0 Å². The van der Waals surface area contributed by atoms with Crippen LogP contribution in [0.3, 0.4) is 0 Å². The highest BCUT2D eigenvalue weighted by Gasteiger charge is 2.08. The lowest BCUT2D eigenvalue weighted by molar-refractivity contribution is 0.911. The van der Waals surface area contributed by atoms with Crippen molar-refractivity contribution < 1.29 is 0 Å². The predicted octanol–water partition coefficient (Wildman–Crippen LogP) is 4.26. The molecular weight excluding hydrogens is 241 g/mol. The van der Waals surface area contributed by atoms with Crippen LogP contribution >= 0.6 is 23.2 Å². The Bertz CT molecular complexity index is 456. The highest BCUT2D eigenvalue weighted by molar-refractivity contribution is 6.30. The van der Waals surface area contributed by atoms with Gasteiger partial charge in [-0.05, 0) is 35.7 Å². The molecule has 82 valence electrons. The summed E-state index contributed by atoms with van der Waals surface area (Å²) >= 11 is 12.2. The number of hydrogen-bond acceptors (Lipinski definition) is 1. The molecule has 2 rings (SSSR count). The molecule has 0 N–H and O–H groups in total. The first kappa shape index (κ1) is 11.4. The van der Waals surface area contributed by atoms with Crippen molar-refractivity contribution in [3.05, 3.63) is 64.9 Å². The van der Waals surface area contributed by atoms with Crippen LogP contribution in [0.25, 0.3) is 0 Å². The van der Waals surface area contributed by atoms with Crippen molar-refractivity contribution in [1.82, 2.24) is 4.98 Å². The fourth-order valence-corrected chi connectivity index (χ4v) is 2.07. The van der Waals surface area contributed by atoms with Crippen LogP contribution in [0.1, 0.15) is 16.5 Å². The van der Waals surface area contributed by atoms with Crippen molar-refractivity contribution >= 4 is 23.2 Å². The molecular formula is C13H11Cl2N. The molecule has 0 saturated carbocycles. The zero-order chi connectivity index (χ0) is 11.4. The molecule has 0 aliphatic carbocycles. The monoisotopic (exact) mass is 251 g/mol. The third-order valence-electron chi connectivity index (χ3n) is 2.35. The van der Waals surface area contributed by atoms with E-state index in [9.17, 15) is 0 Å². The summed E-state index contributed by atoms with van der Waals surface area (Å²) in [5.74, 6) is 0. The van der Waals surface area contributed by atoms with Crippen LogP contribution in [-0.4, -0.2) is 4.98 Å². The number of nitrogens with zero attached hydrogens (tertiary/aromatic N) is 1. The second-order valence-corrected chi connectivity index (χ2v) is 4.55. The number of aromatic nitrogens is 1. The van der Waals surface area contributed by atoms with Gasteiger partial charge < -0.3 is 0 Å². The number of hydrogen-bond donors (Lipinski definition) is 0. The van der Waals surface area contributed by atoms with Crippen LogP contribution in [0.4, 0.5) is 0 Å². The highest BCUT2D eigenvalue weighted by atomic mass is 35.5. The van der Waals surface area contributed by atoms with Crippen LogP contribution in [0.5, 0.6) is 0 Å². The normalized spacial score (nSPS) is 12.4. The third kappa shape index (κ3) is 2.97. The molecule has 2 aromatic rings. The maximum Gasteiger partial charge on any atom is 0.0640 e. The summed E-state index contributed by atoms with van der Waals surface area (Å²) in [7, 11) is 0. The third-order valence-corrected chi connectivity index (χ3v) is 2.99. The summed E-state index contributed by atoms with van der Waals surface area (Å²) in [4.78, 5) is 4.05. The molecule has 0 bridgehead atoms. The molecule has 1 atom stereocenters. The maximum absolute atomic E-state index is 6.31. The Morgan fingerprint density at radius 2 is 2.06 bits per heavy atom. The highest BCUT2D eigenvalue weighted by Crippen LogP contribution is 2.25. The van der Waals surface area contributed by atoms with Gasteiger partial charge in [-0.1, -0.05) is 29.8 Å². The molecule has 0 radical (unpaired) electrons. The summed E-state index contributed by atoms with van der Waals surface area (Å²) in [6.45, 7) is 0. The van der Waals surface area contributed by atoms with Crippen molar-refractivity contribution in [2.45, 2.75) is 11.8 Å². The van der Waals surface area contributed by atoms with Gasteiger partial charge in [-0.25, -0.2) is 0 Å². The van der Waals surface area contributed by atoms with E-state index in [0.29, 0.717) is 0 Å². The molecule has 16 heavy (non-hydrogen) atoms. The van der Waals surface area contributed by atoms with Gasteiger partial charge in [0.25, 0.3) is 0 Å². The Morgan fingerprint density at radius 1 is 1.19 bits per heavy atom. The summed E-state index contributed by atoms with van der Waals surface area (Å²) in [5, 5.41) is 0.680. The molecule has 0 aliphatic rings. The average Bonchev–Trinajstić information content (AvgIpc) is 2.30. The van der Waals surface area contributed by atoms with E-state index in [2.05, 4.69) is 4.98 Å². The number of halogens is 2. The Hall–Kier alpha value is -1.05. The van der Waals surface area contributed by atoms with E-state index in [4.69, 9.17) is 23.2 Å². The topological polar surface area (TPSA) is 12.9 Å². The predicted molar refractivity (Wildman–Crippen MR) is 68.0 cm³/mol. The van der Waals surface area contributed by atoms with Gasteiger partial charge in [0.05, 0.1) is 5.38 Å². The van der Waals surface area contributed by atoms with Crippen LogP contribution in [0.15, 0.2) is 48.8 Å². The lowest BCUT2D eigenvalue weighted by Gasteiger charge is -2.09. The quantitative estimate of drug-likeness (QED) is 0.744. The summed E-state index contributed by atoms with van der Waals surface area (Å²) in [6.07, 6.45) is 4.29. The minimum absolute atomic E-state index is 0.0628. The summed E-state index contributed by atoms with van der Waals surface area (Å²) in [5.41, 5.74) is 2.17. The first-order chi connectivity index (χ1) is 7.75. The fourth-order valence-electron chi connectivity index (χ4n) is 1.55. The van der Waals surface area contributed by atoms with E-state index in [1.807, 2.05) is 36.4 Å². The number of alkyl halides is 1. The fraction of sp³-hybridized carbons (Fsp3) is 0.154. The average molecular weight is 252 g/mol. The smallest absolute Gasteiger partial charge is 0.0640 e. The molecule has 0 amide bonds. The largest absolute Gasteiger partial charge is 0.264 e. The van der Waals surface area contributed by atoms with Crippen molar-refractivity contribution in [2.24, 2.45) is 0 Å². The molecule has 1 unspecified atom stereocenters. The Kier molecular flexibility index (Phi) is 3.81. The van der Waals surface area contributed by atoms with Crippen LogP contribution < -0.4 is 0 Å². The van der Waals surface area contributed by atoms with E-state index < -0.39 is 0 Å². The van der Waals surface area contributed by atoms with Gasteiger partial charge in [-0.2, -0.15) is 0 Å². The van der Waals surface area contributed by atoms with Gasteiger partial charge in [0.1, 0.15) is 0 Å². The van der Waals surface area contributed by atoms with E-state index in [0.717, 1.165) is 22.6 Å². The zero-order valence-corrected chi connectivity index (χ0v) is 10.1. The molecule has 3 heteroatoms. The Labute approximate surface area is 105 Å². The number of rotatable bonds is 3. The zero-order valence-electron chi connectivity index (χ0n) is 8.61. The van der Waals surface area contributed by atoms with E-state index in [1.54, 1.807) is 12.4 Å². The molecule has 0 spiro atoms. The molecule has 1 heterocycles. The van der Waals surface area contributed by atoms with Crippen molar-refractivity contribution in [3.8, 4) is 0 Å². The van der Waals surface area contributed by atoms with Crippen molar-refractivity contribution in [1.29, 1.82) is 0 Å². The van der Waals surface area contributed by atoms with Crippen molar-refractivity contribution in [2.75, 3.05) is 0 Å². The molecule has 0 saturated heterocycles. The standard InChI is InChI=1S/C13H11Cl2N/c14-12-5-1-3-10(7-12)8-13(15)11-4-2-6-16-9-11/h1-7,9,13H,8H2. The lowest BCUT2D eigenvalue weighted by atomic mass is 10.1. The minimum atomic E-state index is -0.0628. The Morgan fingerprint density at radius 3 is 2.75 bits per heavy atom. The first-order valence-electron chi connectivity index (χ1n) is 5.04. The second kappa shape index (κ2) is 5.33. The van der Waals surface area contributed by atoms with Gasteiger partial charge in [0.2, 0.25) is 0 Å². The van der Waals surface area contributed by atoms with Crippen molar-refractivity contribution in [3.63, 3.8) is 0 Å². The summed E-state index contributed by atoms with van der Waals surface area (Å²) < 4.78 is 0. The summed E-state index contributed by atoms with van der Waals surface area (Å²) in [6, 6.07) is 11.6. The van der Waals surface area contributed by atoms with E-state index >= 15 is 0 Å². The molecule has 0 aliphatic heterocycles. The van der Waals surface area contributed by atoms with Gasteiger partial charge in [-0.15, -0.1) is 11.6 Å². The van der Waals surface area contributed by atoms with Gasteiger partial charge >= 0.3 is 0 Å². The maximum atomic E-state index is 6.31. The SMILES string of the molecule is Clc1cccc(CC(Cl)c2cccnc2)c1. The lowest BCUT2D eigenvalue weighted by Crippen LogP contribution is -1.96. The van der Waals surface area contributed by atoms with Gasteiger partial charge in [0.15, 0.2) is 0 Å². The molecule has 1 aromatic carbocycles.